The molecule has 0 fully saturated rings. The fourth-order valence-electron chi connectivity index (χ4n) is 2.51. The molecule has 3 aromatic rings. The van der Waals surface area contributed by atoms with Gasteiger partial charge < -0.3 is 4.74 Å². The van der Waals surface area contributed by atoms with E-state index < -0.39 is 5.91 Å². The number of hydrogen-bond acceptors (Lipinski definition) is 3. The number of aryl methyl sites for hydroxylation is 1. The van der Waals surface area contributed by atoms with Crippen LogP contribution < -0.4 is 15.6 Å². The van der Waals surface area contributed by atoms with Gasteiger partial charge in [0.1, 0.15) is 5.75 Å². The van der Waals surface area contributed by atoms with Crippen molar-refractivity contribution in [1.82, 2.24) is 10.9 Å². The molecule has 25 heavy (non-hydrogen) atoms. The van der Waals surface area contributed by atoms with Crippen molar-refractivity contribution in [2.75, 3.05) is 6.61 Å². The molecule has 3 aromatic carbocycles. The van der Waals surface area contributed by atoms with Gasteiger partial charge in [-0.3, -0.25) is 20.4 Å². The third kappa shape index (κ3) is 4.14. The first-order valence-corrected chi connectivity index (χ1v) is 7.90. The van der Waals surface area contributed by atoms with Gasteiger partial charge in [0.25, 0.3) is 11.8 Å². The number of amides is 2. The molecule has 0 saturated heterocycles. The molecule has 2 N–H and O–H groups in total. The zero-order valence-corrected chi connectivity index (χ0v) is 13.8. The summed E-state index contributed by atoms with van der Waals surface area (Å²) in [6.07, 6.45) is 0. The number of hydrogen-bond donors (Lipinski definition) is 2. The minimum absolute atomic E-state index is 0.181. The molecule has 5 heteroatoms. The Balaban J connectivity index is 1.57. The summed E-state index contributed by atoms with van der Waals surface area (Å²) in [6.45, 7) is 1.76. The van der Waals surface area contributed by atoms with Crippen molar-refractivity contribution >= 4 is 22.6 Å². The number of rotatable bonds is 4. The van der Waals surface area contributed by atoms with Crippen LogP contribution in [0.4, 0.5) is 0 Å². The van der Waals surface area contributed by atoms with E-state index in [1.807, 2.05) is 55.5 Å². The third-order valence-corrected chi connectivity index (χ3v) is 3.71. The Morgan fingerprint density at radius 3 is 2.52 bits per heavy atom. The van der Waals surface area contributed by atoms with Gasteiger partial charge in [0.05, 0.1) is 0 Å². The normalized spacial score (nSPS) is 10.3. The minimum Gasteiger partial charge on any atom is -0.484 e. The number of carbonyl (C=O) groups excluding carboxylic acids is 2. The van der Waals surface area contributed by atoms with Crippen LogP contribution in [0.5, 0.6) is 5.75 Å². The highest BCUT2D eigenvalue weighted by Gasteiger charge is 2.11. The summed E-state index contributed by atoms with van der Waals surface area (Å²) in [7, 11) is 0. The summed E-state index contributed by atoms with van der Waals surface area (Å²) in [5.41, 5.74) is 6.33. The van der Waals surface area contributed by atoms with Gasteiger partial charge in [-0.25, -0.2) is 0 Å². The Morgan fingerprint density at radius 2 is 1.68 bits per heavy atom. The molecular weight excluding hydrogens is 316 g/mol. The van der Waals surface area contributed by atoms with Crippen LogP contribution in [-0.2, 0) is 4.79 Å². The SMILES string of the molecule is Cc1cccc(OCC(=O)NNC(=O)c2cccc3ccccc23)c1. The predicted molar refractivity (Wildman–Crippen MR) is 96.2 cm³/mol. The van der Waals surface area contributed by atoms with E-state index >= 15 is 0 Å². The largest absolute Gasteiger partial charge is 0.484 e. The molecule has 5 nitrogen and oxygen atoms in total. The zero-order chi connectivity index (χ0) is 17.6. The van der Waals surface area contributed by atoms with Gasteiger partial charge >= 0.3 is 0 Å². The van der Waals surface area contributed by atoms with Crippen molar-refractivity contribution in [3.63, 3.8) is 0 Å². The quantitative estimate of drug-likeness (QED) is 0.721. The maximum atomic E-state index is 12.3. The molecule has 0 bridgehead atoms. The zero-order valence-electron chi connectivity index (χ0n) is 13.8. The number of ether oxygens (including phenoxy) is 1. The molecule has 0 aromatic heterocycles. The number of nitrogens with one attached hydrogen (secondary N) is 2. The second-order valence-electron chi connectivity index (χ2n) is 5.63. The lowest BCUT2D eigenvalue weighted by atomic mass is 10.0. The molecule has 0 unspecified atom stereocenters. The minimum atomic E-state index is -0.435. The van der Waals surface area contributed by atoms with E-state index in [-0.39, 0.29) is 12.5 Å². The molecule has 2 amide bonds. The first-order valence-electron chi connectivity index (χ1n) is 7.90. The van der Waals surface area contributed by atoms with Gasteiger partial charge in [0.2, 0.25) is 0 Å². The highest BCUT2D eigenvalue weighted by atomic mass is 16.5. The van der Waals surface area contributed by atoms with E-state index in [2.05, 4.69) is 10.9 Å². The molecule has 0 aliphatic rings. The van der Waals surface area contributed by atoms with Crippen molar-refractivity contribution in [3.05, 3.63) is 77.9 Å². The van der Waals surface area contributed by atoms with E-state index in [0.717, 1.165) is 16.3 Å². The standard InChI is InChI=1S/C20H18N2O3/c1-14-6-4-9-16(12-14)25-13-19(23)21-22-20(24)18-11-5-8-15-7-2-3-10-17(15)18/h2-12H,13H2,1H3,(H,21,23)(H,22,24). The maximum absolute atomic E-state index is 12.3. The van der Waals surface area contributed by atoms with E-state index in [1.54, 1.807) is 18.2 Å². The van der Waals surface area contributed by atoms with Gasteiger partial charge in [-0.05, 0) is 41.5 Å². The predicted octanol–water partition coefficient (Wildman–Crippen LogP) is 2.99. The molecule has 0 radical (unpaired) electrons. The third-order valence-electron chi connectivity index (χ3n) is 3.71. The lowest BCUT2D eigenvalue weighted by Gasteiger charge is -2.10. The molecule has 0 atom stereocenters. The summed E-state index contributed by atoms with van der Waals surface area (Å²) in [5.74, 6) is -0.202. The number of fused-ring (bicyclic) bond motifs is 1. The van der Waals surface area contributed by atoms with Crippen molar-refractivity contribution in [1.29, 1.82) is 0 Å². The highest BCUT2D eigenvalue weighted by molar-refractivity contribution is 6.07. The summed E-state index contributed by atoms with van der Waals surface area (Å²) in [5, 5.41) is 1.79. The molecular formula is C20H18N2O3. The van der Waals surface area contributed by atoms with Crippen LogP contribution >= 0.6 is 0 Å². The molecule has 126 valence electrons. The van der Waals surface area contributed by atoms with Crippen molar-refractivity contribution in [2.24, 2.45) is 0 Å². The highest BCUT2D eigenvalue weighted by Crippen LogP contribution is 2.18. The van der Waals surface area contributed by atoms with Crippen LogP contribution in [0.25, 0.3) is 10.8 Å². The molecule has 3 rings (SSSR count). The number of benzene rings is 3. The van der Waals surface area contributed by atoms with Crippen LogP contribution in [0.1, 0.15) is 15.9 Å². The molecule has 0 heterocycles. The van der Waals surface area contributed by atoms with Crippen molar-refractivity contribution < 1.29 is 14.3 Å². The average molecular weight is 334 g/mol. The fraction of sp³-hybridized carbons (Fsp3) is 0.100. The summed E-state index contributed by atoms with van der Waals surface area (Å²) in [4.78, 5) is 24.2. The van der Waals surface area contributed by atoms with Gasteiger partial charge in [-0.1, -0.05) is 48.5 Å². The maximum Gasteiger partial charge on any atom is 0.276 e. The van der Waals surface area contributed by atoms with E-state index in [9.17, 15) is 9.59 Å². The van der Waals surface area contributed by atoms with Crippen LogP contribution in [0.3, 0.4) is 0 Å². The summed E-state index contributed by atoms with van der Waals surface area (Å²) < 4.78 is 5.39. The lowest BCUT2D eigenvalue weighted by Crippen LogP contribution is -2.43. The van der Waals surface area contributed by atoms with Crippen LogP contribution in [0.15, 0.2) is 66.7 Å². The second-order valence-corrected chi connectivity index (χ2v) is 5.63. The van der Waals surface area contributed by atoms with Gasteiger partial charge in [-0.15, -0.1) is 0 Å². The summed E-state index contributed by atoms with van der Waals surface area (Å²) >= 11 is 0. The van der Waals surface area contributed by atoms with Gasteiger partial charge in [0, 0.05) is 5.56 Å². The molecule has 0 aliphatic heterocycles. The monoisotopic (exact) mass is 334 g/mol. The Labute approximate surface area is 145 Å². The lowest BCUT2D eigenvalue weighted by molar-refractivity contribution is -0.123. The Kier molecular flexibility index (Phi) is 4.95. The van der Waals surface area contributed by atoms with Gasteiger partial charge in [-0.2, -0.15) is 0 Å². The van der Waals surface area contributed by atoms with Crippen LogP contribution in [-0.4, -0.2) is 18.4 Å². The topological polar surface area (TPSA) is 67.4 Å². The van der Waals surface area contributed by atoms with Crippen LogP contribution in [0.2, 0.25) is 0 Å². The first kappa shape index (κ1) is 16.5. The van der Waals surface area contributed by atoms with Crippen molar-refractivity contribution in [2.45, 2.75) is 6.92 Å². The second kappa shape index (κ2) is 7.49. The molecule has 0 aliphatic carbocycles. The van der Waals surface area contributed by atoms with Crippen molar-refractivity contribution in [3.8, 4) is 5.75 Å². The fourth-order valence-corrected chi connectivity index (χ4v) is 2.51. The van der Waals surface area contributed by atoms with E-state index in [4.69, 9.17) is 4.74 Å². The van der Waals surface area contributed by atoms with Crippen LogP contribution in [0, 0.1) is 6.92 Å². The van der Waals surface area contributed by atoms with E-state index in [1.165, 1.54) is 0 Å². The molecule has 0 saturated carbocycles. The van der Waals surface area contributed by atoms with Gasteiger partial charge in [0.15, 0.2) is 6.61 Å². The Morgan fingerprint density at radius 1 is 0.920 bits per heavy atom. The summed E-state index contributed by atoms with van der Waals surface area (Å²) in [6, 6.07) is 20.4. The number of hydrazine groups is 1. The first-order chi connectivity index (χ1) is 12.1. The molecule has 0 spiro atoms. The Hall–Kier alpha value is -3.34. The smallest absolute Gasteiger partial charge is 0.276 e. The van der Waals surface area contributed by atoms with E-state index in [0.29, 0.717) is 11.3 Å². The average Bonchev–Trinajstić information content (AvgIpc) is 2.64. The Bertz CT molecular complexity index is 916. The number of carbonyl (C=O) groups is 2.